The van der Waals surface area contributed by atoms with Crippen LogP contribution in [-0.2, 0) is 11.3 Å². The average molecular weight is 375 g/mol. The molecule has 3 rings (SSSR count). The molecule has 0 saturated carbocycles. The van der Waals surface area contributed by atoms with Crippen molar-refractivity contribution in [3.05, 3.63) is 95.7 Å². The average Bonchev–Trinajstić information content (AvgIpc) is 2.77. The van der Waals surface area contributed by atoms with E-state index < -0.39 is 6.04 Å². The molecule has 0 radical (unpaired) electrons. The van der Waals surface area contributed by atoms with E-state index in [4.69, 9.17) is 4.74 Å². The van der Waals surface area contributed by atoms with Crippen molar-refractivity contribution >= 4 is 11.8 Å². The van der Waals surface area contributed by atoms with Gasteiger partial charge in [0.15, 0.2) is 0 Å². The molecule has 6 heteroatoms. The number of amides is 2. The van der Waals surface area contributed by atoms with Gasteiger partial charge in [-0.15, -0.1) is 0 Å². The van der Waals surface area contributed by atoms with Crippen molar-refractivity contribution in [1.29, 1.82) is 0 Å². The predicted molar refractivity (Wildman–Crippen MR) is 106 cm³/mol. The van der Waals surface area contributed by atoms with E-state index in [0.717, 1.165) is 5.56 Å². The van der Waals surface area contributed by atoms with E-state index in [1.165, 1.54) is 0 Å². The molecule has 1 aromatic heterocycles. The number of nitrogens with one attached hydrogen (secondary N) is 2. The van der Waals surface area contributed by atoms with Crippen molar-refractivity contribution in [3.8, 4) is 5.88 Å². The number of methoxy groups -OCH3 is 1. The van der Waals surface area contributed by atoms with E-state index in [1.54, 1.807) is 43.6 Å². The number of aromatic nitrogens is 1. The molecular formula is C22H21N3O3. The molecule has 0 unspecified atom stereocenters. The molecule has 142 valence electrons. The van der Waals surface area contributed by atoms with Crippen LogP contribution in [0.3, 0.4) is 0 Å². The third-order valence-corrected chi connectivity index (χ3v) is 4.18. The molecule has 6 nitrogen and oxygen atoms in total. The summed E-state index contributed by atoms with van der Waals surface area (Å²) >= 11 is 0. The van der Waals surface area contributed by atoms with Crippen molar-refractivity contribution in [2.45, 2.75) is 12.6 Å². The Balaban J connectivity index is 1.72. The van der Waals surface area contributed by atoms with Gasteiger partial charge in [0.2, 0.25) is 11.8 Å². The van der Waals surface area contributed by atoms with Gasteiger partial charge in [-0.05, 0) is 23.3 Å². The fourth-order valence-electron chi connectivity index (χ4n) is 2.68. The monoisotopic (exact) mass is 375 g/mol. The Morgan fingerprint density at radius 3 is 2.25 bits per heavy atom. The Bertz CT molecular complexity index is 913. The quantitative estimate of drug-likeness (QED) is 0.665. The number of pyridine rings is 1. The highest BCUT2D eigenvalue weighted by Gasteiger charge is 2.23. The molecule has 0 saturated heterocycles. The Morgan fingerprint density at radius 2 is 1.64 bits per heavy atom. The van der Waals surface area contributed by atoms with Crippen LogP contribution in [0, 0.1) is 0 Å². The second kappa shape index (κ2) is 9.32. The minimum atomic E-state index is -0.805. The lowest BCUT2D eigenvalue weighted by molar-refractivity contribution is -0.123. The summed E-state index contributed by atoms with van der Waals surface area (Å²) in [7, 11) is 1.55. The first kappa shape index (κ1) is 19.1. The molecule has 0 spiro atoms. The molecule has 0 aliphatic rings. The summed E-state index contributed by atoms with van der Waals surface area (Å²) in [5.74, 6) is -0.102. The fourth-order valence-corrected chi connectivity index (χ4v) is 2.68. The molecule has 3 aromatic rings. The maximum atomic E-state index is 12.8. The van der Waals surface area contributed by atoms with Crippen LogP contribution >= 0.6 is 0 Å². The molecule has 0 aliphatic carbocycles. The fraction of sp³-hybridized carbons (Fsp3) is 0.136. The first-order valence-corrected chi connectivity index (χ1v) is 8.85. The lowest BCUT2D eigenvalue weighted by Crippen LogP contribution is -2.40. The Labute approximate surface area is 163 Å². The Morgan fingerprint density at radius 1 is 0.964 bits per heavy atom. The SMILES string of the molecule is COc1ccc(CNC(=O)[C@H](NC(=O)c2ccccc2)c2ccccc2)cn1. The molecule has 28 heavy (non-hydrogen) atoms. The summed E-state index contributed by atoms with van der Waals surface area (Å²) in [5.41, 5.74) is 2.03. The predicted octanol–water partition coefficient (Wildman–Crippen LogP) is 2.88. The highest BCUT2D eigenvalue weighted by Crippen LogP contribution is 2.15. The van der Waals surface area contributed by atoms with Crippen LogP contribution in [0.4, 0.5) is 0 Å². The zero-order chi connectivity index (χ0) is 19.8. The highest BCUT2D eigenvalue weighted by atomic mass is 16.5. The van der Waals surface area contributed by atoms with Gasteiger partial charge in [-0.25, -0.2) is 4.98 Å². The van der Waals surface area contributed by atoms with E-state index in [9.17, 15) is 9.59 Å². The zero-order valence-electron chi connectivity index (χ0n) is 15.5. The van der Waals surface area contributed by atoms with Crippen LogP contribution in [-0.4, -0.2) is 23.9 Å². The van der Waals surface area contributed by atoms with Crippen molar-refractivity contribution in [1.82, 2.24) is 15.6 Å². The van der Waals surface area contributed by atoms with Crippen molar-refractivity contribution in [3.63, 3.8) is 0 Å². The molecule has 0 bridgehead atoms. The number of hydrogen-bond acceptors (Lipinski definition) is 4. The van der Waals surface area contributed by atoms with Crippen LogP contribution in [0.25, 0.3) is 0 Å². The second-order valence-corrected chi connectivity index (χ2v) is 6.11. The number of nitrogens with zero attached hydrogens (tertiary/aromatic N) is 1. The van der Waals surface area contributed by atoms with Gasteiger partial charge in [0.25, 0.3) is 5.91 Å². The number of hydrogen-bond donors (Lipinski definition) is 2. The molecule has 0 aliphatic heterocycles. The van der Waals surface area contributed by atoms with Gasteiger partial charge in [-0.1, -0.05) is 54.6 Å². The first-order chi connectivity index (χ1) is 13.7. The largest absolute Gasteiger partial charge is 0.481 e. The summed E-state index contributed by atoms with van der Waals surface area (Å²) in [6.45, 7) is 0.292. The minimum absolute atomic E-state index is 0.292. The summed E-state index contributed by atoms with van der Waals surface area (Å²) in [6, 6.07) is 20.7. The Kier molecular flexibility index (Phi) is 6.36. The normalized spacial score (nSPS) is 11.3. The van der Waals surface area contributed by atoms with E-state index in [0.29, 0.717) is 23.6 Å². The molecule has 1 atom stereocenters. The number of benzene rings is 2. The van der Waals surface area contributed by atoms with E-state index >= 15 is 0 Å². The molecule has 2 aromatic carbocycles. The maximum absolute atomic E-state index is 12.8. The van der Waals surface area contributed by atoms with Gasteiger partial charge in [-0.2, -0.15) is 0 Å². The van der Waals surface area contributed by atoms with Gasteiger partial charge in [0.1, 0.15) is 6.04 Å². The number of carbonyl (C=O) groups is 2. The van der Waals surface area contributed by atoms with Crippen molar-refractivity contribution in [2.75, 3.05) is 7.11 Å². The summed E-state index contributed by atoms with van der Waals surface area (Å²) in [6.07, 6.45) is 1.64. The molecule has 1 heterocycles. The highest BCUT2D eigenvalue weighted by molar-refractivity contribution is 5.97. The molecule has 2 amide bonds. The molecule has 0 fully saturated rings. The summed E-state index contributed by atoms with van der Waals surface area (Å²) < 4.78 is 5.03. The number of ether oxygens (including phenoxy) is 1. The van der Waals surface area contributed by atoms with E-state index in [1.807, 2.05) is 42.5 Å². The van der Waals surface area contributed by atoms with Gasteiger partial charge < -0.3 is 15.4 Å². The standard InChI is InChI=1S/C22H21N3O3/c1-28-19-13-12-16(14-23-19)15-24-22(27)20(17-8-4-2-5-9-17)25-21(26)18-10-6-3-7-11-18/h2-14,20H,15H2,1H3,(H,24,27)(H,25,26)/t20-/m1/s1. The minimum Gasteiger partial charge on any atom is -0.481 e. The van der Waals surface area contributed by atoms with E-state index in [2.05, 4.69) is 15.6 Å². The van der Waals surface area contributed by atoms with Crippen LogP contribution in [0.1, 0.15) is 27.5 Å². The molecular weight excluding hydrogens is 354 g/mol. The first-order valence-electron chi connectivity index (χ1n) is 8.85. The van der Waals surface area contributed by atoms with Crippen molar-refractivity contribution < 1.29 is 14.3 Å². The summed E-state index contributed by atoms with van der Waals surface area (Å²) in [4.78, 5) is 29.5. The maximum Gasteiger partial charge on any atom is 0.252 e. The van der Waals surface area contributed by atoms with Gasteiger partial charge >= 0.3 is 0 Å². The van der Waals surface area contributed by atoms with Crippen LogP contribution < -0.4 is 15.4 Å². The number of carbonyl (C=O) groups excluding carboxylic acids is 2. The topological polar surface area (TPSA) is 80.3 Å². The lowest BCUT2D eigenvalue weighted by Gasteiger charge is -2.19. The van der Waals surface area contributed by atoms with Crippen LogP contribution in [0.5, 0.6) is 5.88 Å². The van der Waals surface area contributed by atoms with Gasteiger partial charge in [-0.3, -0.25) is 9.59 Å². The van der Waals surface area contributed by atoms with Gasteiger partial charge in [0.05, 0.1) is 7.11 Å². The zero-order valence-corrected chi connectivity index (χ0v) is 15.5. The Hall–Kier alpha value is -3.67. The molecule has 2 N–H and O–H groups in total. The van der Waals surface area contributed by atoms with E-state index in [-0.39, 0.29) is 11.8 Å². The third kappa shape index (κ3) is 4.94. The summed E-state index contributed by atoms with van der Waals surface area (Å²) in [5, 5.41) is 5.67. The lowest BCUT2D eigenvalue weighted by atomic mass is 10.1. The second-order valence-electron chi connectivity index (χ2n) is 6.11. The smallest absolute Gasteiger partial charge is 0.252 e. The van der Waals surface area contributed by atoms with Crippen LogP contribution in [0.15, 0.2) is 79.0 Å². The third-order valence-electron chi connectivity index (χ3n) is 4.18. The van der Waals surface area contributed by atoms with Crippen LogP contribution in [0.2, 0.25) is 0 Å². The van der Waals surface area contributed by atoms with Crippen molar-refractivity contribution in [2.24, 2.45) is 0 Å². The van der Waals surface area contributed by atoms with Gasteiger partial charge in [0, 0.05) is 24.4 Å². The number of rotatable bonds is 7.